The second kappa shape index (κ2) is 8.21. The maximum Gasteiger partial charge on any atom is 0.225 e. The summed E-state index contributed by atoms with van der Waals surface area (Å²) in [5.74, 6) is 0.847. The summed E-state index contributed by atoms with van der Waals surface area (Å²) < 4.78 is 4.87. The molecule has 1 unspecified atom stereocenters. The fraction of sp³-hybridized carbons (Fsp3) is 0.727. The van der Waals surface area contributed by atoms with E-state index in [1.54, 1.807) is 7.11 Å². The number of methoxy groups -OCH3 is 1. The van der Waals surface area contributed by atoms with Gasteiger partial charge in [-0.15, -0.1) is 0 Å². The highest BCUT2D eigenvalue weighted by Crippen LogP contribution is 2.18. The van der Waals surface area contributed by atoms with Crippen LogP contribution in [0.2, 0.25) is 0 Å². The molecule has 0 aliphatic carbocycles. The van der Waals surface area contributed by atoms with Crippen LogP contribution >= 0.6 is 0 Å². The van der Waals surface area contributed by atoms with Gasteiger partial charge in [0.2, 0.25) is 5.91 Å². The maximum atomic E-state index is 11.1. The van der Waals surface area contributed by atoms with E-state index in [9.17, 15) is 9.59 Å². The molecule has 15 heavy (non-hydrogen) atoms. The van der Waals surface area contributed by atoms with Gasteiger partial charge in [-0.3, -0.25) is 4.79 Å². The first kappa shape index (κ1) is 13.9. The molecular weight excluding hydrogens is 194 g/mol. The largest absolute Gasteiger partial charge is 0.385 e. The summed E-state index contributed by atoms with van der Waals surface area (Å²) >= 11 is 0. The highest BCUT2D eigenvalue weighted by molar-refractivity contribution is 5.82. The number of carbonyl (C=O) groups is 1. The Kier molecular flexibility index (Phi) is 7.60. The van der Waals surface area contributed by atoms with Gasteiger partial charge < -0.3 is 10.5 Å². The SMILES string of the molecule is CCCCC(=C=O)C(CCOC)C(N)=O. The molecule has 0 heterocycles. The summed E-state index contributed by atoms with van der Waals surface area (Å²) in [5.41, 5.74) is 5.70. The molecule has 0 aliphatic rings. The van der Waals surface area contributed by atoms with Crippen LogP contribution < -0.4 is 5.73 Å². The third kappa shape index (κ3) is 5.35. The van der Waals surface area contributed by atoms with Crippen molar-refractivity contribution in [2.75, 3.05) is 13.7 Å². The van der Waals surface area contributed by atoms with E-state index in [0.717, 1.165) is 12.8 Å². The lowest BCUT2D eigenvalue weighted by Gasteiger charge is -2.13. The van der Waals surface area contributed by atoms with E-state index in [1.165, 1.54) is 0 Å². The molecule has 4 nitrogen and oxygen atoms in total. The number of hydrogen-bond donors (Lipinski definition) is 1. The zero-order valence-corrected chi connectivity index (χ0v) is 9.41. The van der Waals surface area contributed by atoms with Gasteiger partial charge in [-0.25, -0.2) is 4.79 Å². The van der Waals surface area contributed by atoms with Crippen LogP contribution in [0.1, 0.15) is 32.6 Å². The molecule has 2 N–H and O–H groups in total. The van der Waals surface area contributed by atoms with Crippen molar-refractivity contribution in [1.82, 2.24) is 0 Å². The van der Waals surface area contributed by atoms with Gasteiger partial charge in [-0.2, -0.15) is 0 Å². The van der Waals surface area contributed by atoms with Crippen LogP contribution in [0.15, 0.2) is 5.57 Å². The van der Waals surface area contributed by atoms with E-state index in [1.807, 2.05) is 12.9 Å². The number of primary amides is 1. The number of nitrogens with two attached hydrogens (primary N) is 1. The first-order valence-electron chi connectivity index (χ1n) is 5.19. The fourth-order valence-electron chi connectivity index (χ4n) is 1.39. The zero-order chi connectivity index (χ0) is 11.7. The van der Waals surface area contributed by atoms with Gasteiger partial charge in [0.15, 0.2) is 0 Å². The third-order valence-electron chi connectivity index (χ3n) is 2.31. The molecule has 0 fully saturated rings. The van der Waals surface area contributed by atoms with Crippen molar-refractivity contribution in [2.24, 2.45) is 11.7 Å². The predicted octanol–water partition coefficient (Wildman–Crippen LogP) is 1.07. The normalized spacial score (nSPS) is 11.9. The molecule has 86 valence electrons. The van der Waals surface area contributed by atoms with E-state index in [-0.39, 0.29) is 0 Å². The van der Waals surface area contributed by atoms with Crippen LogP contribution in [-0.2, 0) is 14.3 Å². The average molecular weight is 213 g/mol. The third-order valence-corrected chi connectivity index (χ3v) is 2.31. The lowest BCUT2D eigenvalue weighted by Crippen LogP contribution is -2.26. The quantitative estimate of drug-likeness (QED) is 0.613. The minimum Gasteiger partial charge on any atom is -0.385 e. The average Bonchev–Trinajstić information content (AvgIpc) is 2.22. The summed E-state index contributed by atoms with van der Waals surface area (Å²) in [7, 11) is 1.55. The Morgan fingerprint density at radius 2 is 2.20 bits per heavy atom. The Bertz CT molecular complexity index is 244. The maximum absolute atomic E-state index is 11.1. The molecule has 1 amide bonds. The van der Waals surface area contributed by atoms with Crippen molar-refractivity contribution in [3.05, 3.63) is 5.57 Å². The molecule has 0 aliphatic heterocycles. The Hall–Kier alpha value is -1.12. The van der Waals surface area contributed by atoms with Crippen molar-refractivity contribution in [3.63, 3.8) is 0 Å². The van der Waals surface area contributed by atoms with Crippen molar-refractivity contribution >= 4 is 11.8 Å². The first-order valence-corrected chi connectivity index (χ1v) is 5.19. The van der Waals surface area contributed by atoms with Crippen LogP contribution in [0.5, 0.6) is 0 Å². The number of hydrogen-bond acceptors (Lipinski definition) is 3. The van der Waals surface area contributed by atoms with Crippen LogP contribution in [0, 0.1) is 5.92 Å². The molecule has 0 radical (unpaired) electrons. The first-order chi connectivity index (χ1) is 7.17. The molecule has 0 saturated heterocycles. The molecule has 0 bridgehead atoms. The lowest BCUT2D eigenvalue weighted by molar-refractivity contribution is -0.121. The summed E-state index contributed by atoms with van der Waals surface area (Å²) in [6.45, 7) is 2.45. The monoisotopic (exact) mass is 213 g/mol. The molecule has 0 spiro atoms. The molecule has 0 saturated carbocycles. The topological polar surface area (TPSA) is 69.4 Å². The minimum atomic E-state index is -0.519. The van der Waals surface area contributed by atoms with Gasteiger partial charge >= 0.3 is 0 Å². The molecule has 1 atom stereocenters. The van der Waals surface area contributed by atoms with Gasteiger partial charge in [0.1, 0.15) is 5.94 Å². The van der Waals surface area contributed by atoms with Gasteiger partial charge in [0.05, 0.1) is 5.92 Å². The summed E-state index contributed by atoms with van der Waals surface area (Å²) in [4.78, 5) is 21.8. The Morgan fingerprint density at radius 3 is 2.60 bits per heavy atom. The second-order valence-electron chi connectivity index (χ2n) is 3.47. The summed E-state index contributed by atoms with van der Waals surface area (Å²) in [6, 6.07) is 0. The number of carbonyl (C=O) groups excluding carboxylic acids is 2. The number of rotatable bonds is 8. The molecule has 4 heteroatoms. The van der Waals surface area contributed by atoms with Crippen molar-refractivity contribution in [2.45, 2.75) is 32.6 Å². The predicted molar refractivity (Wildman–Crippen MR) is 57.9 cm³/mol. The van der Waals surface area contributed by atoms with Crippen molar-refractivity contribution < 1.29 is 14.3 Å². The van der Waals surface area contributed by atoms with E-state index < -0.39 is 11.8 Å². The molecule has 0 aromatic heterocycles. The standard InChI is InChI=1S/C11H19NO3/c1-3-4-5-9(8-13)10(11(12)14)6-7-15-2/h10H,3-7H2,1-2H3,(H2,12,14). The smallest absolute Gasteiger partial charge is 0.225 e. The Morgan fingerprint density at radius 1 is 1.53 bits per heavy atom. The van der Waals surface area contributed by atoms with Gasteiger partial charge in [0, 0.05) is 19.3 Å². The van der Waals surface area contributed by atoms with E-state index in [0.29, 0.717) is 25.0 Å². The molecule has 0 aromatic carbocycles. The summed E-state index contributed by atoms with van der Waals surface area (Å²) in [5, 5.41) is 0. The Labute approximate surface area is 90.5 Å². The van der Waals surface area contributed by atoms with Crippen LogP contribution in [-0.4, -0.2) is 25.6 Å². The molecular formula is C11H19NO3. The number of amides is 1. The minimum absolute atomic E-state index is 0.422. The highest BCUT2D eigenvalue weighted by Gasteiger charge is 2.20. The number of ether oxygens (including phenoxy) is 1. The Balaban J connectivity index is 4.42. The molecule has 0 rings (SSSR count). The lowest BCUT2D eigenvalue weighted by atomic mass is 9.92. The zero-order valence-electron chi connectivity index (χ0n) is 9.41. The van der Waals surface area contributed by atoms with Gasteiger partial charge in [0.25, 0.3) is 0 Å². The van der Waals surface area contributed by atoms with Gasteiger partial charge in [-0.1, -0.05) is 13.3 Å². The van der Waals surface area contributed by atoms with Crippen molar-refractivity contribution in [1.29, 1.82) is 0 Å². The van der Waals surface area contributed by atoms with Crippen LogP contribution in [0.3, 0.4) is 0 Å². The van der Waals surface area contributed by atoms with E-state index >= 15 is 0 Å². The molecule has 0 aromatic rings. The van der Waals surface area contributed by atoms with Crippen LogP contribution in [0.4, 0.5) is 0 Å². The second-order valence-corrected chi connectivity index (χ2v) is 3.47. The van der Waals surface area contributed by atoms with Gasteiger partial charge in [-0.05, 0) is 19.3 Å². The number of unbranched alkanes of at least 4 members (excludes halogenated alkanes) is 1. The van der Waals surface area contributed by atoms with Crippen molar-refractivity contribution in [3.8, 4) is 0 Å². The van der Waals surface area contributed by atoms with Crippen LogP contribution in [0.25, 0.3) is 0 Å². The van der Waals surface area contributed by atoms with E-state index in [4.69, 9.17) is 10.5 Å². The van der Waals surface area contributed by atoms with E-state index in [2.05, 4.69) is 0 Å². The highest BCUT2D eigenvalue weighted by atomic mass is 16.5. The summed E-state index contributed by atoms with van der Waals surface area (Å²) in [6.07, 6.45) is 2.90. The fourth-order valence-corrected chi connectivity index (χ4v) is 1.39.